The highest BCUT2D eigenvalue weighted by molar-refractivity contribution is 7.68. The van der Waals surface area contributed by atoms with Gasteiger partial charge < -0.3 is 0 Å². The second-order valence-corrected chi connectivity index (χ2v) is 5.81. The summed E-state index contributed by atoms with van der Waals surface area (Å²) in [5, 5.41) is 0. The van der Waals surface area contributed by atoms with Gasteiger partial charge in [0.2, 0.25) is 0 Å². The van der Waals surface area contributed by atoms with Crippen molar-refractivity contribution >= 4 is 7.49 Å². The van der Waals surface area contributed by atoms with Crippen molar-refractivity contribution in [1.29, 1.82) is 0 Å². The third-order valence-electron chi connectivity index (χ3n) is 0.774. The molecule has 0 fully saturated rings. The van der Waals surface area contributed by atoms with E-state index in [4.69, 9.17) is 4.89 Å². The highest BCUT2D eigenvalue weighted by Crippen LogP contribution is 2.44. The molecule has 0 amide bonds. The van der Waals surface area contributed by atoms with Crippen LogP contribution in [0, 0.1) is 0 Å². The van der Waals surface area contributed by atoms with Crippen LogP contribution in [0.4, 0.5) is 0 Å². The molecule has 2 heteroatoms. The summed E-state index contributed by atoms with van der Waals surface area (Å²) >= 11 is 0. The summed E-state index contributed by atoms with van der Waals surface area (Å²) in [6.07, 6.45) is 0.938. The van der Waals surface area contributed by atoms with E-state index in [1.807, 2.05) is 20.3 Å². The Balaban J connectivity index is 3.17. The first-order chi connectivity index (χ1) is 2.56. The third kappa shape index (κ3) is 4.39. The zero-order chi connectivity index (χ0) is 5.21. The lowest BCUT2D eigenvalue weighted by Crippen LogP contribution is -1.85. The summed E-state index contributed by atoms with van der Waals surface area (Å²) in [7, 11) is -1.40. The van der Waals surface area contributed by atoms with Crippen molar-refractivity contribution < 1.29 is 4.89 Å². The average Bonchev–Trinajstić information content (AvgIpc) is 1.35. The highest BCUT2D eigenvalue weighted by Gasteiger charge is 2.15. The second kappa shape index (κ2) is 1.90. The van der Waals surface area contributed by atoms with E-state index in [0.29, 0.717) is 0 Å². The maximum absolute atomic E-state index is 8.94. The molecule has 1 nitrogen and oxygen atoms in total. The van der Waals surface area contributed by atoms with Gasteiger partial charge in [0.05, 0.1) is 19.5 Å². The number of rotatable bonds is 1. The first-order valence-corrected chi connectivity index (χ1v) is 4.94. The van der Waals surface area contributed by atoms with Gasteiger partial charge in [0.15, 0.2) is 0 Å². The fourth-order valence-corrected chi connectivity index (χ4v) is 0. The van der Waals surface area contributed by atoms with Crippen molar-refractivity contribution in [3.05, 3.63) is 0 Å². The lowest BCUT2D eigenvalue weighted by atomic mass is 11.0. The van der Waals surface area contributed by atoms with Crippen molar-refractivity contribution in [3.8, 4) is 0 Å². The van der Waals surface area contributed by atoms with Gasteiger partial charge >= 0.3 is 0 Å². The van der Waals surface area contributed by atoms with Crippen LogP contribution in [-0.4, -0.2) is 24.4 Å². The lowest BCUT2D eigenvalue weighted by molar-refractivity contribution is 0.614. The summed E-state index contributed by atoms with van der Waals surface area (Å²) in [5.41, 5.74) is 0. The second-order valence-electron chi connectivity index (χ2n) is 1.94. The van der Waals surface area contributed by atoms with E-state index >= 15 is 0 Å². The van der Waals surface area contributed by atoms with Crippen molar-refractivity contribution in [2.75, 3.05) is 19.5 Å². The minimum atomic E-state index is -1.40. The molecule has 0 aromatic rings. The lowest BCUT2D eigenvalue weighted by Gasteiger charge is -2.01. The molecule has 0 unspecified atom stereocenters. The summed E-state index contributed by atoms with van der Waals surface area (Å²) in [6, 6.07) is 0. The van der Waals surface area contributed by atoms with E-state index in [9.17, 15) is 0 Å². The smallest absolute Gasteiger partial charge is 0.135 e. The van der Waals surface area contributed by atoms with Crippen LogP contribution in [0.15, 0.2) is 0 Å². The molecule has 0 aromatic heterocycles. The molecule has 1 N–H and O–H groups in total. The summed E-state index contributed by atoms with van der Waals surface area (Å²) in [6.45, 7) is 5.83. The van der Waals surface area contributed by atoms with Gasteiger partial charge in [-0.1, -0.05) is 0 Å². The van der Waals surface area contributed by atoms with Gasteiger partial charge in [-0.2, -0.15) is 0 Å². The average molecular weight is 107 g/mol. The Hall–Kier alpha value is 0.390. The van der Waals surface area contributed by atoms with Gasteiger partial charge in [0.1, 0.15) is 7.49 Å². The normalized spacial score (nSPS) is 12.0. The molecule has 0 radical (unpaired) electrons. The van der Waals surface area contributed by atoms with Gasteiger partial charge in [-0.15, -0.1) is 0 Å². The van der Waals surface area contributed by atoms with E-state index in [1.165, 1.54) is 0 Å². The van der Waals surface area contributed by atoms with Crippen LogP contribution in [0.5, 0.6) is 0 Å². The third-order valence-corrected chi connectivity index (χ3v) is 2.32. The molecular formula is C4H12OP+. The maximum atomic E-state index is 8.94. The predicted octanol–water partition coefficient (Wildman–Crippen LogP) is 1.19. The van der Waals surface area contributed by atoms with Crippen LogP contribution < -0.4 is 0 Å². The molecule has 0 rings (SSSR count). The van der Waals surface area contributed by atoms with Crippen molar-refractivity contribution in [2.45, 2.75) is 6.92 Å². The molecule has 0 heterocycles. The van der Waals surface area contributed by atoms with E-state index in [2.05, 4.69) is 0 Å². The Morgan fingerprint density at radius 3 is 1.67 bits per heavy atom. The minimum absolute atomic E-state index is 0.938. The quantitative estimate of drug-likeness (QED) is 0.499. The molecule has 0 saturated heterocycles. The topological polar surface area (TPSA) is 20.2 Å². The standard InChI is InChI=1S/C4H12OP/c1-4-6(2,3)5/h5H,4H2,1-3H3/q+1. The fourth-order valence-electron chi connectivity index (χ4n) is 0. The molecule has 0 spiro atoms. The van der Waals surface area contributed by atoms with Gasteiger partial charge in [0, 0.05) is 0 Å². The zero-order valence-corrected chi connectivity index (χ0v) is 5.50. The monoisotopic (exact) mass is 107 g/mol. The Kier molecular flexibility index (Phi) is 2.03. The van der Waals surface area contributed by atoms with Crippen LogP contribution in [0.2, 0.25) is 0 Å². The van der Waals surface area contributed by atoms with E-state index in [0.717, 1.165) is 6.16 Å². The van der Waals surface area contributed by atoms with Gasteiger partial charge in [-0.3, -0.25) is 4.89 Å². The molecule has 6 heavy (non-hydrogen) atoms. The highest BCUT2D eigenvalue weighted by atomic mass is 31.2. The van der Waals surface area contributed by atoms with E-state index in [-0.39, 0.29) is 0 Å². The van der Waals surface area contributed by atoms with Crippen LogP contribution in [0.1, 0.15) is 6.92 Å². The first-order valence-electron chi connectivity index (χ1n) is 2.12. The summed E-state index contributed by atoms with van der Waals surface area (Å²) in [4.78, 5) is 8.94. The summed E-state index contributed by atoms with van der Waals surface area (Å²) < 4.78 is 0. The van der Waals surface area contributed by atoms with E-state index < -0.39 is 7.49 Å². The number of hydrogen-bond acceptors (Lipinski definition) is 1. The Labute approximate surface area is 39.8 Å². The molecule has 0 saturated carbocycles. The SMILES string of the molecule is CC[P+](C)(C)O. The molecule has 0 aromatic carbocycles. The Morgan fingerprint density at radius 1 is 1.50 bits per heavy atom. The molecule has 38 valence electrons. The van der Waals surface area contributed by atoms with Crippen molar-refractivity contribution in [1.82, 2.24) is 0 Å². The molecule has 0 aliphatic heterocycles. The molecule has 0 aliphatic rings. The minimum Gasteiger partial charge on any atom is -0.252 e. The molecule has 0 atom stereocenters. The van der Waals surface area contributed by atoms with Crippen molar-refractivity contribution in [3.63, 3.8) is 0 Å². The number of hydrogen-bond donors (Lipinski definition) is 1. The van der Waals surface area contributed by atoms with Crippen LogP contribution in [-0.2, 0) is 0 Å². The van der Waals surface area contributed by atoms with E-state index in [1.54, 1.807) is 0 Å². The maximum Gasteiger partial charge on any atom is 0.135 e. The van der Waals surface area contributed by atoms with Gasteiger partial charge in [0.25, 0.3) is 0 Å². The predicted molar refractivity (Wildman–Crippen MR) is 31.5 cm³/mol. The summed E-state index contributed by atoms with van der Waals surface area (Å²) in [5.74, 6) is 0. The van der Waals surface area contributed by atoms with Crippen LogP contribution in [0.3, 0.4) is 0 Å². The Morgan fingerprint density at radius 2 is 1.67 bits per heavy atom. The molecule has 0 aliphatic carbocycles. The van der Waals surface area contributed by atoms with Crippen LogP contribution in [0.25, 0.3) is 0 Å². The first kappa shape index (κ1) is 6.39. The molecular weight excluding hydrogens is 95.0 g/mol. The van der Waals surface area contributed by atoms with Gasteiger partial charge in [-0.05, 0) is 6.92 Å². The fraction of sp³-hybridized carbons (Fsp3) is 1.00. The van der Waals surface area contributed by atoms with Crippen LogP contribution >= 0.6 is 7.49 Å². The van der Waals surface area contributed by atoms with Crippen molar-refractivity contribution in [2.24, 2.45) is 0 Å². The van der Waals surface area contributed by atoms with Gasteiger partial charge in [-0.25, -0.2) is 0 Å². The molecule has 0 bridgehead atoms. The Bertz CT molecular complexity index is 37.3. The zero-order valence-electron chi connectivity index (χ0n) is 4.60. The largest absolute Gasteiger partial charge is 0.252 e.